The molecule has 1 aromatic heterocycles. The second-order valence-electron chi connectivity index (χ2n) is 6.00. The summed E-state index contributed by atoms with van der Waals surface area (Å²) >= 11 is 0. The first-order valence-corrected chi connectivity index (χ1v) is 7.45. The monoisotopic (exact) mass is 301 g/mol. The van der Waals surface area contributed by atoms with Crippen LogP contribution in [0.1, 0.15) is 48.6 Å². The molecule has 0 saturated heterocycles. The summed E-state index contributed by atoms with van der Waals surface area (Å²) in [4.78, 5) is 12.1. The van der Waals surface area contributed by atoms with Crippen molar-refractivity contribution in [2.24, 2.45) is 5.92 Å². The number of aromatic nitrogens is 3. The SMILES string of the molecule is Cc1ccc2c(c1)[C@@H](Nc1nc(N)nc([C@@H](C)F)n1)[C@H](C)C2. The summed E-state index contributed by atoms with van der Waals surface area (Å²) in [7, 11) is 0. The van der Waals surface area contributed by atoms with Gasteiger partial charge in [-0.1, -0.05) is 30.7 Å². The van der Waals surface area contributed by atoms with Crippen molar-refractivity contribution in [1.29, 1.82) is 0 Å². The van der Waals surface area contributed by atoms with Gasteiger partial charge in [-0.2, -0.15) is 15.0 Å². The molecule has 0 saturated carbocycles. The van der Waals surface area contributed by atoms with Gasteiger partial charge in [0.2, 0.25) is 11.9 Å². The normalized spacial score (nSPS) is 21.5. The van der Waals surface area contributed by atoms with E-state index in [1.165, 1.54) is 23.6 Å². The summed E-state index contributed by atoms with van der Waals surface area (Å²) in [5, 5.41) is 3.30. The molecular weight excluding hydrogens is 281 g/mol. The number of rotatable bonds is 3. The van der Waals surface area contributed by atoms with Crippen molar-refractivity contribution in [3.05, 3.63) is 40.7 Å². The molecule has 3 N–H and O–H groups in total. The van der Waals surface area contributed by atoms with Crippen LogP contribution in [0.5, 0.6) is 0 Å². The molecule has 6 heteroatoms. The molecule has 0 aliphatic heterocycles. The molecule has 2 aromatic rings. The van der Waals surface area contributed by atoms with Gasteiger partial charge in [-0.3, -0.25) is 0 Å². The second-order valence-corrected chi connectivity index (χ2v) is 6.00. The van der Waals surface area contributed by atoms with Gasteiger partial charge in [0, 0.05) is 0 Å². The lowest BCUT2D eigenvalue weighted by Gasteiger charge is -2.19. The number of hydrogen-bond donors (Lipinski definition) is 2. The third-order valence-corrected chi connectivity index (χ3v) is 4.06. The fraction of sp³-hybridized carbons (Fsp3) is 0.438. The minimum Gasteiger partial charge on any atom is -0.368 e. The average Bonchev–Trinajstić information content (AvgIpc) is 2.74. The van der Waals surface area contributed by atoms with E-state index in [4.69, 9.17) is 5.73 Å². The molecule has 0 bridgehead atoms. The minimum absolute atomic E-state index is 0.0344. The van der Waals surface area contributed by atoms with Gasteiger partial charge >= 0.3 is 0 Å². The Morgan fingerprint density at radius 2 is 2.09 bits per heavy atom. The van der Waals surface area contributed by atoms with Gasteiger partial charge in [-0.15, -0.1) is 0 Å². The van der Waals surface area contributed by atoms with E-state index in [0.717, 1.165) is 6.42 Å². The number of anilines is 2. The molecule has 1 aromatic carbocycles. The Balaban J connectivity index is 1.92. The van der Waals surface area contributed by atoms with Crippen LogP contribution >= 0.6 is 0 Å². The molecule has 5 nitrogen and oxygen atoms in total. The fourth-order valence-corrected chi connectivity index (χ4v) is 2.97. The molecule has 0 spiro atoms. The average molecular weight is 301 g/mol. The van der Waals surface area contributed by atoms with Crippen LogP contribution in [-0.4, -0.2) is 15.0 Å². The molecular formula is C16H20FN5. The lowest BCUT2D eigenvalue weighted by Crippen LogP contribution is -2.18. The molecule has 0 radical (unpaired) electrons. The molecule has 0 amide bonds. The number of benzene rings is 1. The van der Waals surface area contributed by atoms with Crippen LogP contribution in [0, 0.1) is 12.8 Å². The molecule has 3 rings (SSSR count). The number of hydrogen-bond acceptors (Lipinski definition) is 5. The zero-order chi connectivity index (χ0) is 15.9. The third-order valence-electron chi connectivity index (χ3n) is 4.06. The summed E-state index contributed by atoms with van der Waals surface area (Å²) in [6.07, 6.45) is -0.276. The van der Waals surface area contributed by atoms with Gasteiger partial charge in [-0.05, 0) is 37.3 Å². The molecule has 0 unspecified atom stereocenters. The quantitative estimate of drug-likeness (QED) is 0.910. The van der Waals surface area contributed by atoms with Crippen molar-refractivity contribution >= 4 is 11.9 Å². The summed E-state index contributed by atoms with van der Waals surface area (Å²) in [5.74, 6) is 0.830. The third kappa shape index (κ3) is 2.73. The Hall–Kier alpha value is -2.24. The highest BCUT2D eigenvalue weighted by Crippen LogP contribution is 2.38. The number of nitrogens with one attached hydrogen (secondary N) is 1. The van der Waals surface area contributed by atoms with E-state index in [1.807, 2.05) is 0 Å². The van der Waals surface area contributed by atoms with Crippen molar-refractivity contribution in [1.82, 2.24) is 15.0 Å². The largest absolute Gasteiger partial charge is 0.368 e. The van der Waals surface area contributed by atoms with E-state index < -0.39 is 6.17 Å². The maximum absolute atomic E-state index is 13.4. The predicted molar refractivity (Wildman–Crippen MR) is 84.2 cm³/mol. The maximum atomic E-state index is 13.4. The molecule has 116 valence electrons. The Labute approximate surface area is 129 Å². The van der Waals surface area contributed by atoms with E-state index >= 15 is 0 Å². The molecule has 0 fully saturated rings. The van der Waals surface area contributed by atoms with E-state index in [0.29, 0.717) is 11.9 Å². The van der Waals surface area contributed by atoms with Crippen LogP contribution < -0.4 is 11.1 Å². The zero-order valence-electron chi connectivity index (χ0n) is 13.0. The molecule has 1 aliphatic carbocycles. The highest BCUT2D eigenvalue weighted by Gasteiger charge is 2.30. The molecule has 22 heavy (non-hydrogen) atoms. The van der Waals surface area contributed by atoms with Gasteiger partial charge in [-0.25, -0.2) is 4.39 Å². The summed E-state index contributed by atoms with van der Waals surface area (Å²) in [6.45, 7) is 5.63. The standard InChI is InChI=1S/C16H20FN5/c1-8-4-5-11-7-9(2)13(12(11)6-8)19-16-21-14(10(3)17)20-15(18)22-16/h4-6,9-10,13H,7H2,1-3H3,(H3,18,19,20,21,22)/t9-,10-,13+/m1/s1. The van der Waals surface area contributed by atoms with Crippen molar-refractivity contribution < 1.29 is 4.39 Å². The first-order chi connectivity index (χ1) is 10.4. The van der Waals surface area contributed by atoms with E-state index in [-0.39, 0.29) is 17.8 Å². The molecule has 3 atom stereocenters. The van der Waals surface area contributed by atoms with Gasteiger partial charge in [0.1, 0.15) is 0 Å². The van der Waals surface area contributed by atoms with Gasteiger partial charge in [0.05, 0.1) is 6.04 Å². The Bertz CT molecular complexity index is 701. The molecule has 1 heterocycles. The minimum atomic E-state index is -1.28. The maximum Gasteiger partial charge on any atom is 0.228 e. The van der Waals surface area contributed by atoms with E-state index in [2.05, 4.69) is 52.3 Å². The number of nitrogens with two attached hydrogens (primary N) is 1. The zero-order valence-corrected chi connectivity index (χ0v) is 13.0. The number of halogens is 1. The first kappa shape index (κ1) is 14.7. The number of nitrogens with zero attached hydrogens (tertiary/aromatic N) is 3. The Kier molecular flexibility index (Phi) is 3.68. The predicted octanol–water partition coefficient (Wildman–Crippen LogP) is 3.14. The Morgan fingerprint density at radius 1 is 1.32 bits per heavy atom. The van der Waals surface area contributed by atoms with Gasteiger partial charge in [0.15, 0.2) is 12.0 Å². The number of nitrogen functional groups attached to an aromatic ring is 1. The van der Waals surface area contributed by atoms with Crippen LogP contribution in [0.2, 0.25) is 0 Å². The fourth-order valence-electron chi connectivity index (χ4n) is 2.97. The second kappa shape index (κ2) is 5.51. The van der Waals surface area contributed by atoms with Crippen LogP contribution in [0.4, 0.5) is 16.3 Å². The highest BCUT2D eigenvalue weighted by molar-refractivity contribution is 5.44. The van der Waals surface area contributed by atoms with Crippen LogP contribution in [0.3, 0.4) is 0 Å². The van der Waals surface area contributed by atoms with Crippen molar-refractivity contribution in [3.63, 3.8) is 0 Å². The smallest absolute Gasteiger partial charge is 0.228 e. The highest BCUT2D eigenvalue weighted by atomic mass is 19.1. The lowest BCUT2D eigenvalue weighted by molar-refractivity contribution is 0.356. The van der Waals surface area contributed by atoms with Crippen molar-refractivity contribution in [3.8, 4) is 0 Å². The summed E-state index contributed by atoms with van der Waals surface area (Å²) in [6, 6.07) is 6.57. The van der Waals surface area contributed by atoms with Gasteiger partial charge < -0.3 is 11.1 Å². The van der Waals surface area contributed by atoms with E-state index in [1.54, 1.807) is 0 Å². The van der Waals surface area contributed by atoms with Gasteiger partial charge in [0.25, 0.3) is 0 Å². The topological polar surface area (TPSA) is 76.7 Å². The lowest BCUT2D eigenvalue weighted by atomic mass is 10.0. The number of alkyl halides is 1. The summed E-state index contributed by atoms with van der Waals surface area (Å²) in [5.41, 5.74) is 9.45. The van der Waals surface area contributed by atoms with Crippen LogP contribution in [-0.2, 0) is 6.42 Å². The molecule has 1 aliphatic rings. The van der Waals surface area contributed by atoms with Crippen LogP contribution in [0.25, 0.3) is 0 Å². The number of fused-ring (bicyclic) bond motifs is 1. The summed E-state index contributed by atoms with van der Waals surface area (Å²) < 4.78 is 13.4. The van der Waals surface area contributed by atoms with E-state index in [9.17, 15) is 4.39 Å². The Morgan fingerprint density at radius 3 is 2.82 bits per heavy atom. The number of aryl methyl sites for hydroxylation is 1. The van der Waals surface area contributed by atoms with Crippen LogP contribution in [0.15, 0.2) is 18.2 Å². The first-order valence-electron chi connectivity index (χ1n) is 7.45. The van der Waals surface area contributed by atoms with Crippen molar-refractivity contribution in [2.45, 2.75) is 39.4 Å². The van der Waals surface area contributed by atoms with Crippen molar-refractivity contribution in [2.75, 3.05) is 11.1 Å².